The van der Waals surface area contributed by atoms with Crippen LogP contribution in [0.25, 0.3) is 16.7 Å². The maximum absolute atomic E-state index is 9.97. The van der Waals surface area contributed by atoms with E-state index in [1.165, 1.54) is 0 Å². The molecule has 20 heavy (non-hydrogen) atoms. The summed E-state index contributed by atoms with van der Waals surface area (Å²) in [6.45, 7) is 1.68. The van der Waals surface area contributed by atoms with Gasteiger partial charge in [-0.1, -0.05) is 23.7 Å². The van der Waals surface area contributed by atoms with Crippen LogP contribution in [-0.2, 0) is 0 Å². The lowest BCUT2D eigenvalue weighted by Crippen LogP contribution is -2.05. The Bertz CT molecular complexity index is 780. The second-order valence-electron chi connectivity index (χ2n) is 4.68. The zero-order valence-corrected chi connectivity index (χ0v) is 11.7. The maximum atomic E-state index is 9.97. The number of para-hydroxylation sites is 1. The van der Waals surface area contributed by atoms with Crippen molar-refractivity contribution in [3.05, 3.63) is 53.3 Å². The minimum absolute atomic E-state index is 0.540. The first-order chi connectivity index (χ1) is 9.58. The number of aliphatic hydroxyl groups is 1. The van der Waals surface area contributed by atoms with E-state index in [1.54, 1.807) is 13.0 Å². The molecule has 0 fully saturated rings. The third kappa shape index (κ3) is 2.03. The molecule has 0 spiro atoms. The fourth-order valence-corrected chi connectivity index (χ4v) is 2.50. The quantitative estimate of drug-likeness (QED) is 0.711. The van der Waals surface area contributed by atoms with Gasteiger partial charge in [-0.3, -0.25) is 4.57 Å². The average molecular weight is 288 g/mol. The lowest BCUT2D eigenvalue weighted by molar-refractivity contribution is 0.187. The van der Waals surface area contributed by atoms with Gasteiger partial charge in [0.15, 0.2) is 0 Å². The Labute approximate surface area is 121 Å². The van der Waals surface area contributed by atoms with E-state index in [9.17, 15) is 5.11 Å². The van der Waals surface area contributed by atoms with Crippen LogP contribution in [0.4, 0.5) is 5.69 Å². The molecule has 102 valence electrons. The largest absolute Gasteiger partial charge is 0.399 e. The molecule has 0 saturated carbocycles. The van der Waals surface area contributed by atoms with Crippen molar-refractivity contribution >= 4 is 28.3 Å². The predicted molar refractivity (Wildman–Crippen MR) is 81.1 cm³/mol. The molecule has 0 amide bonds. The van der Waals surface area contributed by atoms with E-state index in [4.69, 9.17) is 17.3 Å². The van der Waals surface area contributed by atoms with Crippen molar-refractivity contribution in [1.29, 1.82) is 0 Å². The minimum atomic E-state index is -0.708. The summed E-state index contributed by atoms with van der Waals surface area (Å²) in [4.78, 5) is 4.46. The number of aromatic nitrogens is 2. The Morgan fingerprint density at radius 1 is 1.25 bits per heavy atom. The number of hydrogen-bond donors (Lipinski definition) is 2. The molecule has 3 N–H and O–H groups in total. The molecule has 0 aliphatic carbocycles. The highest BCUT2D eigenvalue weighted by atomic mass is 35.5. The molecule has 1 heterocycles. The van der Waals surface area contributed by atoms with Gasteiger partial charge in [-0.25, -0.2) is 4.98 Å². The zero-order chi connectivity index (χ0) is 14.3. The number of hydrogen-bond acceptors (Lipinski definition) is 3. The summed E-state index contributed by atoms with van der Waals surface area (Å²) >= 11 is 6.27. The van der Waals surface area contributed by atoms with Gasteiger partial charge in [0.1, 0.15) is 11.9 Å². The van der Waals surface area contributed by atoms with Gasteiger partial charge < -0.3 is 10.8 Å². The number of fused-ring (bicyclic) bond motifs is 1. The van der Waals surface area contributed by atoms with Crippen LogP contribution in [0.5, 0.6) is 0 Å². The lowest BCUT2D eigenvalue weighted by atomic mass is 10.2. The monoisotopic (exact) mass is 287 g/mol. The molecule has 3 aromatic rings. The predicted octanol–water partition coefficient (Wildman–Crippen LogP) is 3.31. The van der Waals surface area contributed by atoms with Crippen molar-refractivity contribution in [3.8, 4) is 5.69 Å². The molecular formula is C15H14ClN3O. The number of anilines is 1. The standard InChI is InChI=1S/C15H14ClN3O/c1-9(20)15-18-12-8-10(17)6-7-14(12)19(15)13-5-3-2-4-11(13)16/h2-9,20H,17H2,1H3. The smallest absolute Gasteiger partial charge is 0.143 e. The summed E-state index contributed by atoms with van der Waals surface area (Å²) < 4.78 is 1.86. The molecule has 4 nitrogen and oxygen atoms in total. The SMILES string of the molecule is CC(O)c1nc2cc(N)ccc2n1-c1ccccc1Cl. The van der Waals surface area contributed by atoms with Gasteiger partial charge in [0.05, 0.1) is 21.7 Å². The number of nitrogen functional groups attached to an aromatic ring is 1. The van der Waals surface area contributed by atoms with Crippen LogP contribution in [-0.4, -0.2) is 14.7 Å². The van der Waals surface area contributed by atoms with E-state index in [1.807, 2.05) is 41.0 Å². The summed E-state index contributed by atoms with van der Waals surface area (Å²) in [7, 11) is 0. The summed E-state index contributed by atoms with van der Waals surface area (Å²) in [6, 6.07) is 12.9. The van der Waals surface area contributed by atoms with E-state index in [0.29, 0.717) is 16.5 Å². The van der Waals surface area contributed by atoms with E-state index >= 15 is 0 Å². The Kier molecular flexibility index (Phi) is 3.12. The van der Waals surface area contributed by atoms with Crippen molar-refractivity contribution < 1.29 is 5.11 Å². The molecule has 1 atom stereocenters. The first-order valence-electron chi connectivity index (χ1n) is 6.29. The molecule has 1 aromatic heterocycles. The Morgan fingerprint density at radius 3 is 2.70 bits per heavy atom. The highest BCUT2D eigenvalue weighted by molar-refractivity contribution is 6.32. The van der Waals surface area contributed by atoms with Crippen molar-refractivity contribution in [2.24, 2.45) is 0 Å². The maximum Gasteiger partial charge on any atom is 0.143 e. The molecule has 0 saturated heterocycles. The van der Waals surface area contributed by atoms with Gasteiger partial charge >= 0.3 is 0 Å². The van der Waals surface area contributed by atoms with E-state index in [0.717, 1.165) is 16.7 Å². The third-order valence-electron chi connectivity index (χ3n) is 3.17. The van der Waals surface area contributed by atoms with Crippen LogP contribution >= 0.6 is 11.6 Å². The lowest BCUT2D eigenvalue weighted by Gasteiger charge is -2.12. The van der Waals surface area contributed by atoms with Crippen molar-refractivity contribution in [1.82, 2.24) is 9.55 Å². The van der Waals surface area contributed by atoms with Crippen molar-refractivity contribution in [2.45, 2.75) is 13.0 Å². The van der Waals surface area contributed by atoms with Gasteiger partial charge in [-0.15, -0.1) is 0 Å². The number of aliphatic hydroxyl groups excluding tert-OH is 1. The minimum Gasteiger partial charge on any atom is -0.399 e. The number of nitrogens with zero attached hydrogens (tertiary/aromatic N) is 2. The van der Waals surface area contributed by atoms with Gasteiger partial charge in [-0.2, -0.15) is 0 Å². The summed E-state index contributed by atoms with van der Waals surface area (Å²) in [5, 5.41) is 10.6. The Hall–Kier alpha value is -2.04. The number of halogens is 1. The first kappa shape index (κ1) is 13.0. The summed E-state index contributed by atoms with van der Waals surface area (Å²) in [6.07, 6.45) is -0.708. The van der Waals surface area contributed by atoms with Crippen LogP contribution in [0.15, 0.2) is 42.5 Å². The van der Waals surface area contributed by atoms with Crippen LogP contribution < -0.4 is 5.73 Å². The fourth-order valence-electron chi connectivity index (χ4n) is 2.28. The van der Waals surface area contributed by atoms with Crippen LogP contribution in [0.2, 0.25) is 5.02 Å². The second kappa shape index (κ2) is 4.81. The number of imidazole rings is 1. The van der Waals surface area contributed by atoms with Gasteiger partial charge in [0.25, 0.3) is 0 Å². The van der Waals surface area contributed by atoms with Gasteiger partial charge in [0, 0.05) is 5.69 Å². The molecule has 0 bridgehead atoms. The highest BCUT2D eigenvalue weighted by Crippen LogP contribution is 2.30. The molecule has 3 rings (SSSR count). The van der Waals surface area contributed by atoms with Crippen LogP contribution in [0.3, 0.4) is 0 Å². The average Bonchev–Trinajstić information content (AvgIpc) is 2.78. The van der Waals surface area contributed by atoms with Crippen LogP contribution in [0, 0.1) is 0 Å². The van der Waals surface area contributed by atoms with Crippen molar-refractivity contribution in [2.75, 3.05) is 5.73 Å². The van der Waals surface area contributed by atoms with E-state index in [-0.39, 0.29) is 0 Å². The Balaban J connectivity index is 2.38. The van der Waals surface area contributed by atoms with Crippen molar-refractivity contribution in [3.63, 3.8) is 0 Å². The molecule has 5 heteroatoms. The van der Waals surface area contributed by atoms with Gasteiger partial charge in [0.2, 0.25) is 0 Å². The number of benzene rings is 2. The van der Waals surface area contributed by atoms with E-state index in [2.05, 4.69) is 4.98 Å². The summed E-state index contributed by atoms with van der Waals surface area (Å²) in [5.74, 6) is 0.540. The normalized spacial score (nSPS) is 12.8. The molecule has 0 aliphatic rings. The first-order valence-corrected chi connectivity index (χ1v) is 6.66. The summed E-state index contributed by atoms with van der Waals surface area (Å²) in [5.41, 5.74) is 8.82. The second-order valence-corrected chi connectivity index (χ2v) is 5.09. The number of nitrogens with two attached hydrogens (primary N) is 1. The molecule has 0 radical (unpaired) electrons. The zero-order valence-electron chi connectivity index (χ0n) is 10.9. The third-order valence-corrected chi connectivity index (χ3v) is 3.49. The van der Waals surface area contributed by atoms with Gasteiger partial charge in [-0.05, 0) is 37.3 Å². The Morgan fingerprint density at radius 2 is 2.00 bits per heavy atom. The topological polar surface area (TPSA) is 64.1 Å². The molecular weight excluding hydrogens is 274 g/mol. The molecule has 2 aromatic carbocycles. The van der Waals surface area contributed by atoms with Crippen LogP contribution in [0.1, 0.15) is 18.9 Å². The fraction of sp³-hybridized carbons (Fsp3) is 0.133. The van der Waals surface area contributed by atoms with E-state index < -0.39 is 6.10 Å². The highest BCUT2D eigenvalue weighted by Gasteiger charge is 2.17. The molecule has 0 aliphatic heterocycles. The molecule has 1 unspecified atom stereocenters. The number of rotatable bonds is 2.